The van der Waals surface area contributed by atoms with E-state index in [4.69, 9.17) is 13.8 Å². The van der Waals surface area contributed by atoms with E-state index in [2.05, 4.69) is 6.92 Å². The molecule has 4 aliphatic rings. The van der Waals surface area contributed by atoms with Crippen molar-refractivity contribution in [1.82, 2.24) is 0 Å². The van der Waals surface area contributed by atoms with Crippen molar-refractivity contribution in [2.45, 2.75) is 122 Å². The van der Waals surface area contributed by atoms with Gasteiger partial charge >= 0.3 is 7.82 Å². The Morgan fingerprint density at radius 2 is 1.24 bits per heavy atom. The van der Waals surface area contributed by atoms with E-state index < -0.39 is 7.82 Å². The summed E-state index contributed by atoms with van der Waals surface area (Å²) in [7, 11) is 2.14. The average Bonchev–Trinajstić information content (AvgIpc) is 2.80. The molecule has 0 radical (unpaired) electrons. The van der Waals surface area contributed by atoms with Gasteiger partial charge in [-0.3, -0.25) is 9.05 Å². The van der Waals surface area contributed by atoms with Crippen LogP contribution in [0.15, 0.2) is 0 Å². The standard InChI is InChI=1S/C31H60NO5P/c1-5-6-7-8-9-10-11-12-13-14-18-35-19-15-30-23-28-22-29(24-30)26-31(25-28,27-30)16-20-36-38(33,34)37-21-17-32(2,3)4/h28-29H,5-27H2,1-4H3/p+1. The molecular weight excluding hydrogens is 497 g/mol. The number of phosphoric ester groups is 1. The monoisotopic (exact) mass is 558 g/mol. The summed E-state index contributed by atoms with van der Waals surface area (Å²) in [6.07, 6.45) is 23.6. The maximum absolute atomic E-state index is 12.4. The third-order valence-electron chi connectivity index (χ3n) is 9.63. The number of unbranched alkanes of at least 4 members (excludes halogenated alkanes) is 9. The second kappa shape index (κ2) is 15.3. The maximum atomic E-state index is 12.4. The molecule has 0 aliphatic heterocycles. The number of phosphoric acid groups is 1. The van der Waals surface area contributed by atoms with Crippen molar-refractivity contribution < 1.29 is 27.7 Å². The molecule has 0 aromatic heterocycles. The molecule has 0 aromatic carbocycles. The highest BCUT2D eigenvalue weighted by molar-refractivity contribution is 7.47. The van der Waals surface area contributed by atoms with Crippen molar-refractivity contribution in [3.05, 3.63) is 0 Å². The van der Waals surface area contributed by atoms with Gasteiger partial charge in [-0.2, -0.15) is 0 Å². The number of rotatable bonds is 22. The van der Waals surface area contributed by atoms with Crippen LogP contribution in [0.5, 0.6) is 0 Å². The Hall–Kier alpha value is 0.0300. The van der Waals surface area contributed by atoms with E-state index in [1.165, 1.54) is 109 Å². The van der Waals surface area contributed by atoms with Crippen molar-refractivity contribution in [3.8, 4) is 0 Å². The fourth-order valence-electron chi connectivity index (χ4n) is 8.16. The predicted octanol–water partition coefficient (Wildman–Crippen LogP) is 8.13. The number of ether oxygens (including phenoxy) is 1. The SMILES string of the molecule is CCCCCCCCCCCCOCCC12CC3CC(C1)CC(CCOP(=O)(O)OCC[N+](C)(C)C)(C3)C2. The highest BCUT2D eigenvalue weighted by atomic mass is 31.2. The summed E-state index contributed by atoms with van der Waals surface area (Å²) in [4.78, 5) is 10.1. The molecule has 4 aliphatic carbocycles. The molecule has 4 bridgehead atoms. The van der Waals surface area contributed by atoms with Crippen molar-refractivity contribution in [2.24, 2.45) is 22.7 Å². The van der Waals surface area contributed by atoms with Gasteiger partial charge in [0, 0.05) is 13.2 Å². The third-order valence-corrected chi connectivity index (χ3v) is 10.6. The number of likely N-dealkylation sites (N-methyl/N-ethyl adjacent to an activating group) is 1. The van der Waals surface area contributed by atoms with Gasteiger partial charge in [-0.05, 0) is 80.5 Å². The molecule has 0 amide bonds. The quantitative estimate of drug-likeness (QED) is 0.0825. The van der Waals surface area contributed by atoms with Gasteiger partial charge in [0.05, 0.1) is 27.7 Å². The highest BCUT2D eigenvalue weighted by Crippen LogP contribution is 2.67. The fourth-order valence-corrected chi connectivity index (χ4v) is 8.87. The third kappa shape index (κ3) is 11.5. The zero-order valence-corrected chi connectivity index (χ0v) is 26.3. The number of quaternary nitrogens is 1. The Morgan fingerprint density at radius 3 is 1.79 bits per heavy atom. The molecule has 4 fully saturated rings. The zero-order valence-electron chi connectivity index (χ0n) is 25.4. The first kappa shape index (κ1) is 32.5. The van der Waals surface area contributed by atoms with E-state index >= 15 is 0 Å². The number of hydrogen-bond donors (Lipinski definition) is 1. The lowest BCUT2D eigenvalue weighted by Crippen LogP contribution is -2.52. The Labute approximate surface area is 234 Å². The molecule has 6 nitrogen and oxygen atoms in total. The summed E-state index contributed by atoms with van der Waals surface area (Å²) in [6.45, 7) is 5.32. The molecular formula is C31H61NO5P+. The minimum Gasteiger partial charge on any atom is -0.381 e. The highest BCUT2D eigenvalue weighted by Gasteiger charge is 2.57. The largest absolute Gasteiger partial charge is 0.472 e. The maximum Gasteiger partial charge on any atom is 0.472 e. The second-order valence-electron chi connectivity index (χ2n) is 14.4. The van der Waals surface area contributed by atoms with Crippen molar-refractivity contribution in [1.29, 1.82) is 0 Å². The minimum atomic E-state index is -3.98. The van der Waals surface area contributed by atoms with Gasteiger partial charge in [0.25, 0.3) is 0 Å². The molecule has 3 atom stereocenters. The lowest BCUT2D eigenvalue weighted by molar-refractivity contribution is -0.870. The molecule has 1 N–H and O–H groups in total. The van der Waals surface area contributed by atoms with Gasteiger partial charge in [-0.15, -0.1) is 0 Å². The first-order valence-corrected chi connectivity index (χ1v) is 17.5. The van der Waals surface area contributed by atoms with Gasteiger partial charge in [-0.1, -0.05) is 64.7 Å². The minimum absolute atomic E-state index is 0.231. The van der Waals surface area contributed by atoms with E-state index in [1.54, 1.807) is 0 Å². The Kier molecular flexibility index (Phi) is 13.1. The van der Waals surface area contributed by atoms with Crippen LogP contribution < -0.4 is 0 Å². The van der Waals surface area contributed by atoms with Crippen LogP contribution in [0.4, 0.5) is 0 Å². The van der Waals surface area contributed by atoms with Gasteiger partial charge in [-0.25, -0.2) is 4.57 Å². The van der Waals surface area contributed by atoms with Crippen LogP contribution in [0.25, 0.3) is 0 Å². The first-order chi connectivity index (χ1) is 18.0. The van der Waals surface area contributed by atoms with Crippen molar-refractivity contribution in [2.75, 3.05) is 54.1 Å². The molecule has 0 spiro atoms. The van der Waals surface area contributed by atoms with E-state index in [9.17, 15) is 9.46 Å². The van der Waals surface area contributed by atoms with Gasteiger partial charge in [0.1, 0.15) is 13.2 Å². The Morgan fingerprint density at radius 1 is 0.737 bits per heavy atom. The summed E-state index contributed by atoms with van der Waals surface area (Å²) in [6, 6.07) is 0. The lowest BCUT2D eigenvalue weighted by atomic mass is 9.43. The summed E-state index contributed by atoms with van der Waals surface area (Å²) in [5.41, 5.74) is 0.703. The molecule has 4 rings (SSSR count). The zero-order chi connectivity index (χ0) is 27.5. The molecule has 0 heterocycles. The van der Waals surface area contributed by atoms with Crippen LogP contribution in [0.3, 0.4) is 0 Å². The molecule has 224 valence electrons. The van der Waals surface area contributed by atoms with Gasteiger partial charge in [0.15, 0.2) is 0 Å². The van der Waals surface area contributed by atoms with E-state index in [1.807, 2.05) is 21.1 Å². The fraction of sp³-hybridized carbons (Fsp3) is 1.00. The van der Waals surface area contributed by atoms with Crippen LogP contribution in [0, 0.1) is 22.7 Å². The van der Waals surface area contributed by atoms with Crippen LogP contribution in [0.2, 0.25) is 0 Å². The Bertz CT molecular complexity index is 710. The van der Waals surface area contributed by atoms with E-state index in [0.29, 0.717) is 23.0 Å². The number of nitrogens with zero attached hydrogens (tertiary/aromatic N) is 1. The lowest BCUT2D eigenvalue weighted by Gasteiger charge is -2.62. The first-order valence-electron chi connectivity index (χ1n) is 16.0. The summed E-state index contributed by atoms with van der Waals surface area (Å²) in [5, 5.41) is 0. The van der Waals surface area contributed by atoms with Crippen molar-refractivity contribution in [3.63, 3.8) is 0 Å². The number of hydrogen-bond acceptors (Lipinski definition) is 4. The molecule has 0 aromatic rings. The van der Waals surface area contributed by atoms with Gasteiger partial charge < -0.3 is 14.1 Å². The molecule has 7 heteroatoms. The van der Waals surface area contributed by atoms with Crippen LogP contribution in [-0.4, -0.2) is 63.5 Å². The van der Waals surface area contributed by atoms with E-state index in [0.717, 1.165) is 31.5 Å². The smallest absolute Gasteiger partial charge is 0.381 e. The predicted molar refractivity (Wildman–Crippen MR) is 156 cm³/mol. The molecule has 0 saturated heterocycles. The average molecular weight is 559 g/mol. The summed E-state index contributed by atoms with van der Waals surface area (Å²) >= 11 is 0. The Balaban J connectivity index is 1.30. The van der Waals surface area contributed by atoms with Crippen molar-refractivity contribution >= 4 is 7.82 Å². The molecule has 3 unspecified atom stereocenters. The van der Waals surface area contributed by atoms with Crippen LogP contribution >= 0.6 is 7.82 Å². The molecule has 38 heavy (non-hydrogen) atoms. The topological polar surface area (TPSA) is 65.0 Å². The van der Waals surface area contributed by atoms with Crippen LogP contribution in [0.1, 0.15) is 122 Å². The normalized spacial score (nSPS) is 30.1. The second-order valence-corrected chi connectivity index (χ2v) is 15.9. The summed E-state index contributed by atoms with van der Waals surface area (Å²) in [5.74, 6) is 1.64. The molecule has 4 saturated carbocycles. The summed E-state index contributed by atoms with van der Waals surface area (Å²) < 4.78 is 29.9. The van der Waals surface area contributed by atoms with Crippen LogP contribution in [-0.2, 0) is 18.3 Å². The van der Waals surface area contributed by atoms with Gasteiger partial charge in [0.2, 0.25) is 0 Å². The van der Waals surface area contributed by atoms with E-state index in [-0.39, 0.29) is 12.0 Å².